The van der Waals surface area contributed by atoms with Crippen molar-refractivity contribution in [1.29, 1.82) is 0 Å². The topological polar surface area (TPSA) is 66.4 Å². The molecule has 0 aliphatic rings. The Balaban J connectivity index is 0. The number of nitrogens with one attached hydrogen (secondary N) is 1. The zero-order valence-corrected chi connectivity index (χ0v) is 8.82. The van der Waals surface area contributed by atoms with Crippen molar-refractivity contribution in [2.45, 2.75) is 27.2 Å². The number of hydrogen-bond acceptors (Lipinski definition) is 3. The lowest BCUT2D eigenvalue weighted by Gasteiger charge is -1.91. The molecular formula is C7H19NO3S. The van der Waals surface area contributed by atoms with Crippen LogP contribution in [0.2, 0.25) is 0 Å². The van der Waals surface area contributed by atoms with Crippen LogP contribution in [-0.2, 0) is 10.1 Å². The molecule has 0 spiro atoms. The summed E-state index contributed by atoms with van der Waals surface area (Å²) >= 11 is 0. The summed E-state index contributed by atoms with van der Waals surface area (Å²) in [6, 6.07) is 0. The second-order valence-corrected chi connectivity index (χ2v) is 3.97. The first-order valence-electron chi connectivity index (χ1n) is 4.13. The van der Waals surface area contributed by atoms with E-state index >= 15 is 0 Å². The van der Waals surface area contributed by atoms with Gasteiger partial charge in [-0.2, -0.15) is 8.42 Å². The zero-order chi connectivity index (χ0) is 10.0. The fraction of sp³-hybridized carbons (Fsp3) is 1.00. The van der Waals surface area contributed by atoms with Crippen LogP contribution in [0.4, 0.5) is 0 Å². The van der Waals surface area contributed by atoms with Crippen LogP contribution in [0.3, 0.4) is 0 Å². The fourth-order valence-corrected chi connectivity index (χ4v) is 0.354. The van der Waals surface area contributed by atoms with Crippen LogP contribution in [0.25, 0.3) is 0 Å². The van der Waals surface area contributed by atoms with Gasteiger partial charge in [0.25, 0.3) is 10.1 Å². The highest BCUT2D eigenvalue weighted by Crippen LogP contribution is 1.74. The molecule has 0 fully saturated rings. The summed E-state index contributed by atoms with van der Waals surface area (Å²) in [6.45, 7) is 7.93. The summed E-state index contributed by atoms with van der Waals surface area (Å²) in [5.41, 5.74) is 0. The molecule has 12 heavy (non-hydrogen) atoms. The molecule has 2 N–H and O–H groups in total. The average molecular weight is 197 g/mol. The Hall–Kier alpha value is -0.130. The van der Waals surface area contributed by atoms with Crippen LogP contribution in [0, 0.1) is 0 Å². The van der Waals surface area contributed by atoms with Gasteiger partial charge in [-0.3, -0.25) is 4.55 Å². The molecule has 0 aromatic carbocycles. The van der Waals surface area contributed by atoms with Gasteiger partial charge in [0.15, 0.2) is 0 Å². The van der Waals surface area contributed by atoms with E-state index in [1.54, 1.807) is 0 Å². The Morgan fingerprint density at radius 1 is 1.25 bits per heavy atom. The first-order chi connectivity index (χ1) is 5.47. The highest BCUT2D eigenvalue weighted by molar-refractivity contribution is 7.85. The maximum Gasteiger partial charge on any atom is 0.264 e. The quantitative estimate of drug-likeness (QED) is 0.519. The molecule has 5 heteroatoms. The average Bonchev–Trinajstić information content (AvgIpc) is 2.01. The van der Waals surface area contributed by atoms with Gasteiger partial charge in [0, 0.05) is 0 Å². The highest BCUT2D eigenvalue weighted by Gasteiger charge is 1.93. The molecule has 0 saturated carbocycles. The van der Waals surface area contributed by atoms with Gasteiger partial charge in [0.05, 0.1) is 5.75 Å². The van der Waals surface area contributed by atoms with Crippen LogP contribution in [0.5, 0.6) is 0 Å². The van der Waals surface area contributed by atoms with Crippen LogP contribution >= 0.6 is 0 Å². The summed E-state index contributed by atoms with van der Waals surface area (Å²) in [5.74, 6) is -0.201. The van der Waals surface area contributed by atoms with Gasteiger partial charge in [-0.25, -0.2) is 0 Å². The molecule has 0 saturated heterocycles. The third kappa shape index (κ3) is 22.5. The standard InChI is InChI=1S/C5H13N.C2H6O3S/c1-3-5-6-4-2;1-2-6(3,4)5/h6H,3-5H2,1-2H3;2H2,1H3,(H,3,4,5). The van der Waals surface area contributed by atoms with Gasteiger partial charge in [-0.05, 0) is 26.4 Å². The minimum absolute atomic E-state index is 0.201. The molecule has 0 bridgehead atoms. The third-order valence-corrected chi connectivity index (χ3v) is 1.77. The van der Waals surface area contributed by atoms with Crippen molar-refractivity contribution in [2.24, 2.45) is 0 Å². The lowest BCUT2D eigenvalue weighted by atomic mass is 10.5. The van der Waals surface area contributed by atoms with E-state index in [1.165, 1.54) is 13.3 Å². The first-order valence-corrected chi connectivity index (χ1v) is 5.74. The van der Waals surface area contributed by atoms with Crippen molar-refractivity contribution in [3.63, 3.8) is 0 Å². The highest BCUT2D eigenvalue weighted by atomic mass is 32.2. The molecule has 76 valence electrons. The Kier molecular flexibility index (Phi) is 10.8. The van der Waals surface area contributed by atoms with Crippen LogP contribution in [0.1, 0.15) is 27.2 Å². The maximum atomic E-state index is 9.56. The van der Waals surface area contributed by atoms with Crippen molar-refractivity contribution < 1.29 is 13.0 Å². The summed E-state index contributed by atoms with van der Waals surface area (Å²) in [4.78, 5) is 0. The SMILES string of the molecule is CCCNCC.CCS(=O)(=O)O. The van der Waals surface area contributed by atoms with Crippen molar-refractivity contribution in [1.82, 2.24) is 5.32 Å². The molecule has 0 heterocycles. The Morgan fingerprint density at radius 3 is 1.75 bits per heavy atom. The number of hydrogen-bond donors (Lipinski definition) is 2. The molecule has 0 aliphatic heterocycles. The maximum absolute atomic E-state index is 9.56. The Bertz CT molecular complexity index is 161. The lowest BCUT2D eigenvalue weighted by molar-refractivity contribution is 0.484. The van der Waals surface area contributed by atoms with E-state index < -0.39 is 10.1 Å². The smallest absolute Gasteiger partial charge is 0.264 e. The molecular weight excluding hydrogens is 178 g/mol. The van der Waals surface area contributed by atoms with Crippen LogP contribution in [0.15, 0.2) is 0 Å². The molecule has 0 aromatic heterocycles. The van der Waals surface area contributed by atoms with E-state index in [0.717, 1.165) is 13.1 Å². The minimum atomic E-state index is -3.66. The van der Waals surface area contributed by atoms with E-state index in [0.29, 0.717) is 0 Å². The molecule has 4 nitrogen and oxygen atoms in total. The van der Waals surface area contributed by atoms with Crippen molar-refractivity contribution >= 4 is 10.1 Å². The summed E-state index contributed by atoms with van der Waals surface area (Å²) in [7, 11) is -3.66. The third-order valence-electron chi connectivity index (χ3n) is 1.04. The van der Waals surface area contributed by atoms with Crippen molar-refractivity contribution in [2.75, 3.05) is 18.8 Å². The molecule has 0 unspecified atom stereocenters. The van der Waals surface area contributed by atoms with E-state index in [2.05, 4.69) is 19.2 Å². The van der Waals surface area contributed by atoms with Crippen molar-refractivity contribution in [3.05, 3.63) is 0 Å². The second kappa shape index (κ2) is 8.96. The fourth-order valence-electron chi connectivity index (χ4n) is 0.354. The number of rotatable bonds is 4. The molecule has 0 radical (unpaired) electrons. The Labute approximate surface area is 75.1 Å². The van der Waals surface area contributed by atoms with Crippen LogP contribution < -0.4 is 5.32 Å². The minimum Gasteiger partial charge on any atom is -0.317 e. The van der Waals surface area contributed by atoms with Gasteiger partial charge in [-0.1, -0.05) is 13.8 Å². The lowest BCUT2D eigenvalue weighted by Crippen LogP contribution is -2.12. The van der Waals surface area contributed by atoms with Gasteiger partial charge < -0.3 is 5.32 Å². The van der Waals surface area contributed by atoms with E-state index in [-0.39, 0.29) is 5.75 Å². The zero-order valence-electron chi connectivity index (χ0n) is 8.00. The van der Waals surface area contributed by atoms with Gasteiger partial charge in [0.2, 0.25) is 0 Å². The monoisotopic (exact) mass is 197 g/mol. The molecule has 0 atom stereocenters. The van der Waals surface area contributed by atoms with E-state index in [1.807, 2.05) is 0 Å². The van der Waals surface area contributed by atoms with Crippen LogP contribution in [-0.4, -0.2) is 31.8 Å². The molecule has 0 aliphatic carbocycles. The van der Waals surface area contributed by atoms with Crippen molar-refractivity contribution in [3.8, 4) is 0 Å². The first kappa shape index (κ1) is 14.4. The second-order valence-electron chi connectivity index (χ2n) is 2.22. The predicted octanol–water partition coefficient (Wildman–Crippen LogP) is 0.900. The van der Waals surface area contributed by atoms with Gasteiger partial charge >= 0.3 is 0 Å². The summed E-state index contributed by atoms with van der Waals surface area (Å²) in [5, 5.41) is 3.20. The molecule has 0 amide bonds. The van der Waals surface area contributed by atoms with E-state index in [4.69, 9.17) is 4.55 Å². The summed E-state index contributed by atoms with van der Waals surface area (Å²) < 4.78 is 26.9. The molecule has 0 rings (SSSR count). The largest absolute Gasteiger partial charge is 0.317 e. The Morgan fingerprint density at radius 2 is 1.67 bits per heavy atom. The van der Waals surface area contributed by atoms with Gasteiger partial charge in [-0.15, -0.1) is 0 Å². The predicted molar refractivity (Wildman–Crippen MR) is 50.9 cm³/mol. The van der Waals surface area contributed by atoms with E-state index in [9.17, 15) is 8.42 Å². The van der Waals surface area contributed by atoms with Gasteiger partial charge in [0.1, 0.15) is 0 Å². The normalized spacial score (nSPS) is 10.3. The summed E-state index contributed by atoms with van der Waals surface area (Å²) in [6.07, 6.45) is 1.24. The molecule has 0 aromatic rings.